The van der Waals surface area contributed by atoms with Crippen LogP contribution in [0.4, 0.5) is 0 Å². The first-order chi connectivity index (χ1) is 12.4. The molecule has 0 N–H and O–H groups in total. The van der Waals surface area contributed by atoms with Crippen LogP contribution in [0.1, 0.15) is 22.3 Å². The van der Waals surface area contributed by atoms with Crippen molar-refractivity contribution in [3.05, 3.63) is 124 Å². The van der Waals surface area contributed by atoms with E-state index in [4.69, 9.17) is 0 Å². The van der Waals surface area contributed by atoms with E-state index in [1.165, 1.54) is 44.5 Å². The van der Waals surface area contributed by atoms with Crippen LogP contribution in [0.3, 0.4) is 0 Å². The van der Waals surface area contributed by atoms with Crippen LogP contribution in [0.2, 0.25) is 0 Å². The van der Waals surface area contributed by atoms with Crippen molar-refractivity contribution in [3.8, 4) is 0 Å². The minimum Gasteiger partial charge on any atom is -0.0657 e. The molecule has 25 heavy (non-hydrogen) atoms. The van der Waals surface area contributed by atoms with Gasteiger partial charge < -0.3 is 0 Å². The molecule has 2 aromatic carbocycles. The van der Waals surface area contributed by atoms with Crippen molar-refractivity contribution < 1.29 is 0 Å². The third kappa shape index (κ3) is 1.57. The number of fused-ring (bicyclic) bond motifs is 8. The van der Waals surface area contributed by atoms with Gasteiger partial charge in [-0.1, -0.05) is 85.0 Å². The number of hydrogen-bond donors (Lipinski definition) is 0. The Bertz CT molecular complexity index is 1030. The van der Waals surface area contributed by atoms with Gasteiger partial charge in [-0.2, -0.15) is 0 Å². The third-order valence-electron chi connectivity index (χ3n) is 5.69. The zero-order chi connectivity index (χ0) is 16.4. The lowest BCUT2D eigenvalue weighted by Gasteiger charge is -2.36. The van der Waals surface area contributed by atoms with Crippen LogP contribution in [0, 0.1) is 11.5 Å². The fourth-order valence-electron chi connectivity index (χ4n) is 4.56. The van der Waals surface area contributed by atoms with E-state index in [-0.39, 0.29) is 5.41 Å². The smallest absolute Gasteiger partial charge is 0.0587 e. The summed E-state index contributed by atoms with van der Waals surface area (Å²) in [4.78, 5) is 0. The molecule has 4 aliphatic carbocycles. The monoisotopic (exact) mass is 315 g/mol. The Kier molecular flexibility index (Phi) is 2.37. The van der Waals surface area contributed by atoms with Crippen molar-refractivity contribution >= 4 is 17.2 Å². The second-order valence-corrected chi connectivity index (χ2v) is 6.94. The molecule has 0 saturated carbocycles. The van der Waals surface area contributed by atoms with Crippen molar-refractivity contribution in [2.75, 3.05) is 0 Å². The lowest BCUT2D eigenvalue weighted by atomic mass is 9.65. The second kappa shape index (κ2) is 4.49. The molecule has 0 aromatic heterocycles. The Balaban J connectivity index is 1.60. The summed E-state index contributed by atoms with van der Waals surface area (Å²) >= 11 is 0. The van der Waals surface area contributed by atoms with Crippen molar-refractivity contribution in [3.63, 3.8) is 0 Å². The first kappa shape index (κ1) is 13.2. The van der Waals surface area contributed by atoms with Gasteiger partial charge in [0.05, 0.1) is 5.41 Å². The quantitative estimate of drug-likeness (QED) is 0.579. The lowest BCUT2D eigenvalue weighted by Crippen LogP contribution is -2.24. The second-order valence-electron chi connectivity index (χ2n) is 6.94. The van der Waals surface area contributed by atoms with Gasteiger partial charge in [-0.25, -0.2) is 0 Å². The summed E-state index contributed by atoms with van der Waals surface area (Å²) in [6.07, 6.45) is 19.6. The zero-order valence-corrected chi connectivity index (χ0v) is 13.7. The molecule has 115 valence electrons. The molecule has 0 heteroatoms. The van der Waals surface area contributed by atoms with E-state index in [9.17, 15) is 0 Å². The Morgan fingerprint density at radius 1 is 0.720 bits per heavy atom. The van der Waals surface area contributed by atoms with Crippen LogP contribution in [0.5, 0.6) is 0 Å². The van der Waals surface area contributed by atoms with Crippen LogP contribution in [0.15, 0.2) is 96.1 Å². The van der Waals surface area contributed by atoms with Gasteiger partial charge in [0.25, 0.3) is 0 Å². The molecule has 2 aromatic rings. The number of benzene rings is 2. The minimum absolute atomic E-state index is 0.216. The average Bonchev–Trinajstić information content (AvgIpc) is 3.23. The fourth-order valence-corrected chi connectivity index (χ4v) is 4.56. The molecular formula is C25H15. The van der Waals surface area contributed by atoms with Crippen molar-refractivity contribution in [1.29, 1.82) is 0 Å². The van der Waals surface area contributed by atoms with Crippen LogP contribution in [0.25, 0.3) is 17.2 Å². The van der Waals surface area contributed by atoms with Crippen molar-refractivity contribution in [2.45, 2.75) is 0 Å². The molecule has 0 nitrogen and oxygen atoms in total. The van der Waals surface area contributed by atoms with Crippen LogP contribution < -0.4 is 0 Å². The van der Waals surface area contributed by atoms with Gasteiger partial charge in [0, 0.05) is 0 Å². The Morgan fingerprint density at radius 2 is 1.44 bits per heavy atom. The van der Waals surface area contributed by atoms with Crippen molar-refractivity contribution in [2.24, 2.45) is 5.41 Å². The van der Waals surface area contributed by atoms with Gasteiger partial charge in [0.15, 0.2) is 0 Å². The van der Waals surface area contributed by atoms with E-state index in [0.717, 1.165) is 0 Å². The molecule has 0 bridgehead atoms. The van der Waals surface area contributed by atoms with E-state index in [1.54, 1.807) is 0 Å². The summed E-state index contributed by atoms with van der Waals surface area (Å²) in [6, 6.07) is 17.2. The summed E-state index contributed by atoms with van der Waals surface area (Å²) in [5, 5.41) is 0. The van der Waals surface area contributed by atoms with Gasteiger partial charge >= 0.3 is 0 Å². The van der Waals surface area contributed by atoms with E-state index in [2.05, 4.69) is 97.1 Å². The molecule has 0 heterocycles. The highest BCUT2D eigenvalue weighted by atomic mass is 14.5. The van der Waals surface area contributed by atoms with E-state index >= 15 is 0 Å². The zero-order valence-electron chi connectivity index (χ0n) is 13.7. The van der Waals surface area contributed by atoms with E-state index in [1.807, 2.05) is 0 Å². The standard InChI is InChI=1S/C25H15/c1-3-9-19-17(7-1)15-23-21(19)11-5-13-25(23)14-6-12-22-20-10-4-2-8-18(20)16-24(22)25/h1-15H. The molecule has 0 aliphatic heterocycles. The molecule has 0 amide bonds. The molecule has 1 atom stereocenters. The van der Waals surface area contributed by atoms with Gasteiger partial charge in [0.1, 0.15) is 0 Å². The third-order valence-corrected chi connectivity index (χ3v) is 5.69. The molecular weight excluding hydrogens is 300 g/mol. The average molecular weight is 315 g/mol. The van der Waals surface area contributed by atoms with Gasteiger partial charge in [-0.15, -0.1) is 0 Å². The summed E-state index contributed by atoms with van der Waals surface area (Å²) in [7, 11) is 0. The van der Waals surface area contributed by atoms with Crippen LogP contribution in [-0.2, 0) is 0 Å². The summed E-state index contributed by atoms with van der Waals surface area (Å²) in [5.41, 5.74) is 10.2. The summed E-state index contributed by atoms with van der Waals surface area (Å²) < 4.78 is 0. The number of hydrogen-bond acceptors (Lipinski definition) is 0. The molecule has 0 saturated heterocycles. The number of rotatable bonds is 0. The van der Waals surface area contributed by atoms with Crippen LogP contribution in [-0.4, -0.2) is 0 Å². The maximum absolute atomic E-state index is 3.71. The first-order valence-electron chi connectivity index (χ1n) is 8.72. The predicted octanol–water partition coefficient (Wildman–Crippen LogP) is 5.77. The Labute approximate surface area is 147 Å². The Hall–Kier alpha value is -3.12. The molecule has 6 rings (SSSR count). The maximum atomic E-state index is 3.71. The SMILES string of the molecule is [C]1=C2C(=CC=CC23C=CC=C2C3=Cc3ccccc32)c2ccccc21. The minimum atomic E-state index is -0.216. The summed E-state index contributed by atoms with van der Waals surface area (Å²) in [6.45, 7) is 0. The van der Waals surface area contributed by atoms with Crippen LogP contribution >= 0.6 is 0 Å². The fraction of sp³-hybridized carbons (Fsp3) is 0.0400. The van der Waals surface area contributed by atoms with Gasteiger partial charge in [-0.3, -0.25) is 0 Å². The predicted molar refractivity (Wildman–Crippen MR) is 103 cm³/mol. The van der Waals surface area contributed by atoms with E-state index in [0.29, 0.717) is 0 Å². The van der Waals surface area contributed by atoms with Gasteiger partial charge in [-0.05, 0) is 56.7 Å². The molecule has 0 fully saturated rings. The number of allylic oxidation sites excluding steroid dienone is 10. The lowest BCUT2D eigenvalue weighted by molar-refractivity contribution is 0.746. The van der Waals surface area contributed by atoms with Crippen molar-refractivity contribution in [1.82, 2.24) is 0 Å². The Morgan fingerprint density at radius 3 is 2.32 bits per heavy atom. The molecule has 1 spiro atoms. The first-order valence-corrected chi connectivity index (χ1v) is 8.72. The topological polar surface area (TPSA) is 0 Å². The summed E-state index contributed by atoms with van der Waals surface area (Å²) in [5.74, 6) is 0. The molecule has 1 unspecified atom stereocenters. The largest absolute Gasteiger partial charge is 0.0657 e. The maximum Gasteiger partial charge on any atom is 0.0587 e. The molecule has 1 radical (unpaired) electrons. The highest BCUT2D eigenvalue weighted by Gasteiger charge is 2.43. The highest BCUT2D eigenvalue weighted by Crippen LogP contribution is 2.58. The highest BCUT2D eigenvalue weighted by molar-refractivity contribution is 6.02. The molecule has 4 aliphatic rings. The van der Waals surface area contributed by atoms with E-state index < -0.39 is 0 Å². The van der Waals surface area contributed by atoms with Gasteiger partial charge in [0.2, 0.25) is 0 Å². The normalized spacial score (nSPS) is 20.2.